The number of guanidine groups is 1. The Morgan fingerprint density at radius 2 is 2.08 bits per heavy atom. The van der Waals surface area contributed by atoms with Crippen LogP contribution in [0, 0.1) is 6.92 Å². The maximum atomic E-state index is 5.51. The van der Waals surface area contributed by atoms with E-state index >= 15 is 0 Å². The molecule has 0 bridgehead atoms. The average molecular weight is 375 g/mol. The van der Waals surface area contributed by atoms with Gasteiger partial charge in [0.1, 0.15) is 5.75 Å². The third kappa shape index (κ3) is 5.46. The fraction of sp³-hybridized carbons (Fsp3) is 0.500. The smallest absolute Gasteiger partial charge is 0.192 e. The standard InChI is InChI=1S/C20H30N4OS/c1-7-21-20(22-11-16-12-26-19(24-16)13(2)3)23-15(5)17-10-14(4)8-9-18(17)25-6/h8-10,12-13,15H,7,11H2,1-6H3,(H2,21,22,23). The molecule has 2 rings (SSSR count). The molecule has 0 spiro atoms. The lowest BCUT2D eigenvalue weighted by atomic mass is 10.0. The molecular formula is C20H30N4OS. The average Bonchev–Trinajstić information content (AvgIpc) is 3.09. The fourth-order valence-electron chi connectivity index (χ4n) is 2.62. The van der Waals surface area contributed by atoms with E-state index in [2.05, 4.69) is 67.7 Å². The van der Waals surface area contributed by atoms with Gasteiger partial charge < -0.3 is 15.4 Å². The molecule has 0 saturated carbocycles. The molecule has 6 heteroatoms. The highest BCUT2D eigenvalue weighted by Gasteiger charge is 2.13. The molecule has 142 valence electrons. The summed E-state index contributed by atoms with van der Waals surface area (Å²) in [5, 5.41) is 10.0. The van der Waals surface area contributed by atoms with Crippen molar-refractivity contribution < 1.29 is 4.74 Å². The van der Waals surface area contributed by atoms with Crippen molar-refractivity contribution in [3.8, 4) is 5.75 Å². The summed E-state index contributed by atoms with van der Waals surface area (Å²) in [6.45, 7) is 12.0. The van der Waals surface area contributed by atoms with Crippen molar-refractivity contribution in [1.29, 1.82) is 0 Å². The van der Waals surface area contributed by atoms with E-state index < -0.39 is 0 Å². The predicted octanol–water partition coefficient (Wildman–Crippen LogP) is 4.40. The van der Waals surface area contributed by atoms with Crippen molar-refractivity contribution in [2.45, 2.75) is 53.1 Å². The van der Waals surface area contributed by atoms with Crippen molar-refractivity contribution >= 4 is 17.3 Å². The lowest BCUT2D eigenvalue weighted by Crippen LogP contribution is -2.38. The summed E-state index contributed by atoms with van der Waals surface area (Å²) in [6.07, 6.45) is 0. The van der Waals surface area contributed by atoms with E-state index in [1.165, 1.54) is 5.56 Å². The molecule has 0 saturated heterocycles. The normalized spacial score (nSPS) is 13.0. The first-order chi connectivity index (χ1) is 12.4. The summed E-state index contributed by atoms with van der Waals surface area (Å²) < 4.78 is 5.51. The Morgan fingerprint density at radius 1 is 1.31 bits per heavy atom. The Morgan fingerprint density at radius 3 is 2.69 bits per heavy atom. The molecule has 2 N–H and O–H groups in total. The zero-order valence-electron chi connectivity index (χ0n) is 16.6. The van der Waals surface area contributed by atoms with Crippen LogP contribution in [0.25, 0.3) is 0 Å². The first-order valence-corrected chi connectivity index (χ1v) is 9.96. The number of ether oxygens (including phenoxy) is 1. The van der Waals surface area contributed by atoms with Crippen molar-refractivity contribution in [2.24, 2.45) is 4.99 Å². The monoisotopic (exact) mass is 374 g/mol. The van der Waals surface area contributed by atoms with Crippen LogP contribution < -0.4 is 15.4 Å². The van der Waals surface area contributed by atoms with Crippen LogP contribution >= 0.6 is 11.3 Å². The molecule has 0 aliphatic rings. The summed E-state index contributed by atoms with van der Waals surface area (Å²) in [5.41, 5.74) is 3.34. The minimum Gasteiger partial charge on any atom is -0.496 e. The number of aromatic nitrogens is 1. The van der Waals surface area contributed by atoms with Gasteiger partial charge in [-0.3, -0.25) is 0 Å². The number of rotatable bonds is 7. The minimum atomic E-state index is 0.0734. The van der Waals surface area contributed by atoms with Gasteiger partial charge in [0.05, 0.1) is 30.4 Å². The van der Waals surface area contributed by atoms with Crippen molar-refractivity contribution in [3.63, 3.8) is 0 Å². The highest BCUT2D eigenvalue weighted by Crippen LogP contribution is 2.26. The molecule has 1 aromatic carbocycles. The number of nitrogens with one attached hydrogen (secondary N) is 2. The number of methoxy groups -OCH3 is 1. The van der Waals surface area contributed by atoms with Gasteiger partial charge in [0.15, 0.2) is 5.96 Å². The zero-order chi connectivity index (χ0) is 19.1. The number of aliphatic imine (C=N–C) groups is 1. The number of hydrogen-bond donors (Lipinski definition) is 2. The number of hydrogen-bond acceptors (Lipinski definition) is 4. The Hall–Kier alpha value is -2.08. The molecule has 5 nitrogen and oxygen atoms in total. The van der Waals surface area contributed by atoms with E-state index in [-0.39, 0.29) is 6.04 Å². The van der Waals surface area contributed by atoms with Crippen LogP contribution in [-0.4, -0.2) is 24.6 Å². The molecule has 1 unspecified atom stereocenters. The van der Waals surface area contributed by atoms with Gasteiger partial charge in [-0.2, -0.15) is 0 Å². The van der Waals surface area contributed by atoms with Crippen LogP contribution in [0.2, 0.25) is 0 Å². The van der Waals surface area contributed by atoms with Gasteiger partial charge in [0.25, 0.3) is 0 Å². The van der Waals surface area contributed by atoms with Gasteiger partial charge in [-0.1, -0.05) is 31.5 Å². The molecule has 26 heavy (non-hydrogen) atoms. The summed E-state index contributed by atoms with van der Waals surface area (Å²) in [5.74, 6) is 2.12. The zero-order valence-corrected chi connectivity index (χ0v) is 17.4. The third-order valence-corrected chi connectivity index (χ3v) is 5.21. The second kappa shape index (κ2) is 9.57. The topological polar surface area (TPSA) is 58.5 Å². The largest absolute Gasteiger partial charge is 0.496 e. The first kappa shape index (κ1) is 20.2. The quantitative estimate of drug-likeness (QED) is 0.557. The van der Waals surface area contributed by atoms with Gasteiger partial charge in [-0.15, -0.1) is 11.3 Å². The van der Waals surface area contributed by atoms with Crippen LogP contribution in [0.5, 0.6) is 5.75 Å². The molecule has 1 heterocycles. The van der Waals surface area contributed by atoms with E-state index in [9.17, 15) is 0 Å². The van der Waals surface area contributed by atoms with Gasteiger partial charge in [0, 0.05) is 23.4 Å². The minimum absolute atomic E-state index is 0.0734. The molecule has 2 aromatic rings. The van der Waals surface area contributed by atoms with Crippen LogP contribution in [0.1, 0.15) is 61.5 Å². The van der Waals surface area contributed by atoms with Crippen LogP contribution in [0.3, 0.4) is 0 Å². The van der Waals surface area contributed by atoms with E-state index in [0.29, 0.717) is 12.5 Å². The number of nitrogens with zero attached hydrogens (tertiary/aromatic N) is 2. The summed E-state index contributed by atoms with van der Waals surface area (Å²) in [6, 6.07) is 6.29. The fourth-order valence-corrected chi connectivity index (χ4v) is 3.44. The second-order valence-corrected chi connectivity index (χ2v) is 7.53. The molecule has 1 aromatic heterocycles. The molecule has 0 fully saturated rings. The van der Waals surface area contributed by atoms with Crippen molar-refractivity contribution in [3.05, 3.63) is 45.4 Å². The summed E-state index contributed by atoms with van der Waals surface area (Å²) >= 11 is 1.70. The van der Waals surface area contributed by atoms with Gasteiger partial charge in [-0.05, 0) is 26.8 Å². The van der Waals surface area contributed by atoms with Gasteiger partial charge >= 0.3 is 0 Å². The molecule has 0 aliphatic heterocycles. The number of benzene rings is 1. The molecule has 1 atom stereocenters. The highest BCUT2D eigenvalue weighted by atomic mass is 32.1. The Balaban J connectivity index is 2.12. The van der Waals surface area contributed by atoms with E-state index in [4.69, 9.17) is 9.73 Å². The highest BCUT2D eigenvalue weighted by molar-refractivity contribution is 7.09. The lowest BCUT2D eigenvalue weighted by molar-refractivity contribution is 0.405. The van der Waals surface area contributed by atoms with Crippen molar-refractivity contribution in [2.75, 3.05) is 13.7 Å². The SMILES string of the molecule is CCNC(=NCc1csc(C(C)C)n1)NC(C)c1cc(C)ccc1OC. The van der Waals surface area contributed by atoms with E-state index in [1.54, 1.807) is 18.4 Å². The Kier molecular flexibility index (Phi) is 7.45. The van der Waals surface area contributed by atoms with Crippen molar-refractivity contribution in [1.82, 2.24) is 15.6 Å². The van der Waals surface area contributed by atoms with Crippen LogP contribution in [0.15, 0.2) is 28.6 Å². The molecule has 0 radical (unpaired) electrons. The number of thiazole rings is 1. The molecule has 0 amide bonds. The third-order valence-electron chi connectivity index (χ3n) is 4.01. The predicted molar refractivity (Wildman–Crippen MR) is 110 cm³/mol. The second-order valence-electron chi connectivity index (χ2n) is 6.64. The molecular weight excluding hydrogens is 344 g/mol. The van der Waals surface area contributed by atoms with E-state index in [0.717, 1.165) is 34.5 Å². The maximum Gasteiger partial charge on any atom is 0.192 e. The molecule has 0 aliphatic carbocycles. The van der Waals surface area contributed by atoms with Crippen LogP contribution in [-0.2, 0) is 6.54 Å². The summed E-state index contributed by atoms with van der Waals surface area (Å²) in [7, 11) is 1.70. The first-order valence-electron chi connectivity index (χ1n) is 9.08. The summed E-state index contributed by atoms with van der Waals surface area (Å²) in [4.78, 5) is 9.35. The van der Waals surface area contributed by atoms with Crippen LogP contribution in [0.4, 0.5) is 0 Å². The Labute approximate surface area is 160 Å². The number of aryl methyl sites for hydroxylation is 1. The lowest BCUT2D eigenvalue weighted by Gasteiger charge is -2.20. The van der Waals surface area contributed by atoms with Gasteiger partial charge in [0.2, 0.25) is 0 Å². The maximum absolute atomic E-state index is 5.51. The van der Waals surface area contributed by atoms with Gasteiger partial charge in [-0.25, -0.2) is 9.98 Å². The Bertz CT molecular complexity index is 739. The van der Waals surface area contributed by atoms with E-state index in [1.807, 2.05) is 6.07 Å².